The fourth-order valence-electron chi connectivity index (χ4n) is 4.70. The first kappa shape index (κ1) is 18.6. The smallest absolute Gasteiger partial charge is 0.209 e. The molecule has 1 fully saturated rings. The van der Waals surface area contributed by atoms with Crippen LogP contribution in [0.2, 0.25) is 0 Å². The van der Waals surface area contributed by atoms with Crippen molar-refractivity contribution >= 4 is 22.3 Å². The number of pyridine rings is 2. The van der Waals surface area contributed by atoms with Gasteiger partial charge in [-0.05, 0) is 50.2 Å². The molecule has 3 N–H and O–H groups in total. The van der Waals surface area contributed by atoms with Gasteiger partial charge in [-0.1, -0.05) is 6.07 Å². The van der Waals surface area contributed by atoms with Gasteiger partial charge in [-0.3, -0.25) is 9.78 Å². The van der Waals surface area contributed by atoms with Crippen LogP contribution in [0.5, 0.6) is 0 Å². The topological polar surface area (TPSA) is 96.7 Å². The standard InChI is InChI=1S/C23H22FN5O/c24-18-19(26)17-21-16(20(18)28-10-2-4-14-3-1-9-27-12-14)5-6-23(7-8-23)29(21)13-15(11-25)22(17)30/h1,3,9,12-13,28H,2,4-8,10,26H2. The zero-order valence-electron chi connectivity index (χ0n) is 16.5. The lowest BCUT2D eigenvalue weighted by atomic mass is 9.91. The van der Waals surface area contributed by atoms with E-state index in [0.29, 0.717) is 24.2 Å². The number of halogens is 1. The highest BCUT2D eigenvalue weighted by Crippen LogP contribution is 2.53. The van der Waals surface area contributed by atoms with Crippen molar-refractivity contribution in [3.63, 3.8) is 0 Å². The van der Waals surface area contributed by atoms with Crippen molar-refractivity contribution in [1.29, 1.82) is 5.26 Å². The number of hydrogen-bond donors (Lipinski definition) is 2. The molecule has 2 aliphatic rings. The number of fused-ring (bicyclic) bond motifs is 1. The normalized spacial score (nSPS) is 15.9. The molecule has 5 rings (SSSR count). The molecule has 152 valence electrons. The molecule has 1 aromatic carbocycles. The first-order valence-electron chi connectivity index (χ1n) is 10.3. The molecule has 0 saturated heterocycles. The minimum absolute atomic E-state index is 0.0184. The van der Waals surface area contributed by atoms with Gasteiger partial charge in [-0.2, -0.15) is 5.26 Å². The largest absolute Gasteiger partial charge is 0.396 e. The van der Waals surface area contributed by atoms with Crippen molar-refractivity contribution in [2.45, 2.75) is 44.1 Å². The maximum absolute atomic E-state index is 15.3. The molecule has 30 heavy (non-hydrogen) atoms. The average molecular weight is 403 g/mol. The minimum Gasteiger partial charge on any atom is -0.396 e. The number of nitrogens with one attached hydrogen (secondary N) is 1. The van der Waals surface area contributed by atoms with Gasteiger partial charge < -0.3 is 15.6 Å². The van der Waals surface area contributed by atoms with Crippen LogP contribution in [0.4, 0.5) is 15.8 Å². The summed E-state index contributed by atoms with van der Waals surface area (Å²) in [5.41, 5.74) is 8.42. The SMILES string of the molecule is N#Cc1cn2c3c(c(NCCCc4cccnc4)c(F)c(N)c3c1=O)CCC21CC1. The van der Waals surface area contributed by atoms with Crippen LogP contribution in [0, 0.1) is 17.1 Å². The van der Waals surface area contributed by atoms with E-state index in [9.17, 15) is 10.1 Å². The molecule has 0 atom stereocenters. The van der Waals surface area contributed by atoms with Crippen LogP contribution >= 0.6 is 0 Å². The summed E-state index contributed by atoms with van der Waals surface area (Å²) < 4.78 is 17.3. The Morgan fingerprint density at radius 3 is 2.90 bits per heavy atom. The summed E-state index contributed by atoms with van der Waals surface area (Å²) in [6.45, 7) is 0.579. The first-order valence-corrected chi connectivity index (χ1v) is 10.3. The molecule has 1 aliphatic heterocycles. The molecule has 0 radical (unpaired) electrons. The third-order valence-electron chi connectivity index (χ3n) is 6.49. The van der Waals surface area contributed by atoms with Gasteiger partial charge in [-0.15, -0.1) is 0 Å². The van der Waals surface area contributed by atoms with Crippen LogP contribution < -0.4 is 16.5 Å². The number of nitrogen functional groups attached to an aromatic ring is 1. The van der Waals surface area contributed by atoms with Crippen molar-refractivity contribution in [2.24, 2.45) is 0 Å². The number of aryl methyl sites for hydroxylation is 2. The number of aromatic nitrogens is 2. The van der Waals surface area contributed by atoms with E-state index in [-0.39, 0.29) is 22.2 Å². The number of rotatable bonds is 5. The Morgan fingerprint density at radius 2 is 2.20 bits per heavy atom. The summed E-state index contributed by atoms with van der Waals surface area (Å²) in [5.74, 6) is -0.593. The van der Waals surface area contributed by atoms with Crippen LogP contribution in [-0.2, 0) is 18.4 Å². The molecule has 0 amide bonds. The Kier molecular flexibility index (Phi) is 4.24. The minimum atomic E-state index is -0.593. The quantitative estimate of drug-likeness (QED) is 0.502. The molecule has 1 aliphatic carbocycles. The predicted octanol–water partition coefficient (Wildman–Crippen LogP) is 3.47. The fourth-order valence-corrected chi connectivity index (χ4v) is 4.70. The second kappa shape index (κ2) is 6.84. The van der Waals surface area contributed by atoms with Crippen LogP contribution in [0.15, 0.2) is 35.5 Å². The molecular formula is C23H22FN5O. The van der Waals surface area contributed by atoms with E-state index in [0.717, 1.165) is 43.2 Å². The number of anilines is 2. The summed E-state index contributed by atoms with van der Waals surface area (Å²) in [4.78, 5) is 16.9. The zero-order valence-corrected chi connectivity index (χ0v) is 16.5. The van der Waals surface area contributed by atoms with Gasteiger partial charge in [0.1, 0.15) is 11.6 Å². The van der Waals surface area contributed by atoms with E-state index in [1.165, 1.54) is 0 Å². The van der Waals surface area contributed by atoms with E-state index in [1.807, 2.05) is 29.0 Å². The molecule has 1 spiro atoms. The van der Waals surface area contributed by atoms with Gasteiger partial charge >= 0.3 is 0 Å². The van der Waals surface area contributed by atoms with Gasteiger partial charge in [0.2, 0.25) is 5.43 Å². The molecule has 3 heterocycles. The number of hydrogen-bond acceptors (Lipinski definition) is 5. The highest BCUT2D eigenvalue weighted by atomic mass is 19.1. The van der Waals surface area contributed by atoms with Gasteiger partial charge in [0, 0.05) is 36.2 Å². The maximum Gasteiger partial charge on any atom is 0.209 e. The fraction of sp³-hybridized carbons (Fsp3) is 0.348. The predicted molar refractivity (Wildman–Crippen MR) is 114 cm³/mol. The zero-order chi connectivity index (χ0) is 20.9. The Balaban J connectivity index is 1.56. The van der Waals surface area contributed by atoms with E-state index in [1.54, 1.807) is 12.4 Å². The van der Waals surface area contributed by atoms with Crippen molar-refractivity contribution in [3.05, 3.63) is 63.5 Å². The Labute approximate surface area is 173 Å². The van der Waals surface area contributed by atoms with E-state index < -0.39 is 11.2 Å². The van der Waals surface area contributed by atoms with Gasteiger partial charge in [0.05, 0.1) is 22.3 Å². The summed E-state index contributed by atoms with van der Waals surface area (Å²) in [6.07, 6.45) is 10.4. The number of nitrogens with two attached hydrogens (primary N) is 1. The third kappa shape index (κ3) is 2.75. The highest BCUT2D eigenvalue weighted by Gasteiger charge is 2.47. The Morgan fingerprint density at radius 1 is 1.37 bits per heavy atom. The summed E-state index contributed by atoms with van der Waals surface area (Å²) >= 11 is 0. The first-order chi connectivity index (χ1) is 14.6. The molecule has 3 aromatic rings. The van der Waals surface area contributed by atoms with Crippen LogP contribution in [0.25, 0.3) is 10.9 Å². The molecular weight excluding hydrogens is 381 g/mol. The van der Waals surface area contributed by atoms with E-state index in [2.05, 4.69) is 10.3 Å². The van der Waals surface area contributed by atoms with E-state index in [4.69, 9.17) is 5.73 Å². The summed E-state index contributed by atoms with van der Waals surface area (Å²) in [5, 5.41) is 12.8. The van der Waals surface area contributed by atoms with Crippen molar-refractivity contribution in [1.82, 2.24) is 9.55 Å². The Bertz CT molecular complexity index is 1260. The second-order valence-corrected chi connectivity index (χ2v) is 8.27. The molecule has 0 unspecified atom stereocenters. The number of benzene rings is 1. The highest BCUT2D eigenvalue weighted by molar-refractivity contribution is 5.98. The van der Waals surface area contributed by atoms with Gasteiger partial charge in [0.15, 0.2) is 5.82 Å². The van der Waals surface area contributed by atoms with Crippen molar-refractivity contribution in [2.75, 3.05) is 17.6 Å². The molecule has 6 nitrogen and oxygen atoms in total. The average Bonchev–Trinajstić information content (AvgIpc) is 3.54. The summed E-state index contributed by atoms with van der Waals surface area (Å²) in [7, 11) is 0. The third-order valence-corrected chi connectivity index (χ3v) is 6.49. The van der Waals surface area contributed by atoms with Gasteiger partial charge in [-0.25, -0.2) is 4.39 Å². The van der Waals surface area contributed by atoms with E-state index >= 15 is 4.39 Å². The molecule has 2 aromatic heterocycles. The number of nitriles is 1. The summed E-state index contributed by atoms with van der Waals surface area (Å²) in [6, 6.07) is 5.88. The van der Waals surface area contributed by atoms with Crippen LogP contribution in [0.3, 0.4) is 0 Å². The molecule has 7 heteroatoms. The lowest BCUT2D eigenvalue weighted by Crippen LogP contribution is -2.29. The lowest BCUT2D eigenvalue weighted by Gasteiger charge is -2.31. The lowest BCUT2D eigenvalue weighted by molar-refractivity contribution is 0.438. The monoisotopic (exact) mass is 403 g/mol. The Hall–Kier alpha value is -3.40. The van der Waals surface area contributed by atoms with Gasteiger partial charge in [0.25, 0.3) is 0 Å². The van der Waals surface area contributed by atoms with Crippen molar-refractivity contribution < 1.29 is 4.39 Å². The number of nitrogens with zero attached hydrogens (tertiary/aromatic N) is 3. The van der Waals surface area contributed by atoms with Crippen LogP contribution in [-0.4, -0.2) is 16.1 Å². The maximum atomic E-state index is 15.3. The molecule has 1 saturated carbocycles. The van der Waals surface area contributed by atoms with Crippen molar-refractivity contribution in [3.8, 4) is 6.07 Å². The second-order valence-electron chi connectivity index (χ2n) is 8.27. The van der Waals surface area contributed by atoms with Crippen LogP contribution in [0.1, 0.15) is 42.4 Å². The molecule has 0 bridgehead atoms.